The van der Waals surface area contributed by atoms with Crippen molar-refractivity contribution in [3.8, 4) is 11.5 Å². The lowest BCUT2D eigenvalue weighted by Crippen LogP contribution is -2.32. The fourth-order valence-electron chi connectivity index (χ4n) is 3.28. The number of nitrogens with zero attached hydrogens (tertiary/aromatic N) is 2. The second kappa shape index (κ2) is 7.45. The lowest BCUT2D eigenvalue weighted by atomic mass is 10.1. The fraction of sp³-hybridized carbons (Fsp3) is 0.190. The van der Waals surface area contributed by atoms with E-state index in [2.05, 4.69) is 10.3 Å². The van der Waals surface area contributed by atoms with Gasteiger partial charge in [-0.15, -0.1) is 0 Å². The highest BCUT2D eigenvalue weighted by Gasteiger charge is 2.34. The van der Waals surface area contributed by atoms with Crippen LogP contribution in [0, 0.1) is 5.92 Å². The van der Waals surface area contributed by atoms with Crippen LogP contribution in [0.4, 0.5) is 5.69 Å². The van der Waals surface area contributed by atoms with E-state index in [1.165, 1.54) is 0 Å². The van der Waals surface area contributed by atoms with Gasteiger partial charge < -0.3 is 14.6 Å². The van der Waals surface area contributed by atoms with Gasteiger partial charge in [0.15, 0.2) is 5.76 Å². The molecule has 0 radical (unpaired) electrons. The summed E-state index contributed by atoms with van der Waals surface area (Å²) in [7, 11) is 0. The van der Waals surface area contributed by atoms with E-state index >= 15 is 0 Å². The van der Waals surface area contributed by atoms with Gasteiger partial charge in [-0.2, -0.15) is 0 Å². The maximum atomic E-state index is 12.6. The summed E-state index contributed by atoms with van der Waals surface area (Å²) in [6, 6.07) is 16.8. The standard InChI is InChI=1S/C21H19N3O3/c25-19-12-16(14-24(19)17-7-2-1-3-8-17)21(26)23-13-15-6-4-10-22-20(15)18-9-5-11-27-18/h1-11,16H,12-14H2,(H,23,26). The Morgan fingerprint density at radius 3 is 2.78 bits per heavy atom. The first kappa shape index (κ1) is 17.0. The third-order valence-corrected chi connectivity index (χ3v) is 4.66. The Labute approximate surface area is 156 Å². The van der Waals surface area contributed by atoms with Gasteiger partial charge in [0.25, 0.3) is 0 Å². The van der Waals surface area contributed by atoms with E-state index in [9.17, 15) is 9.59 Å². The van der Waals surface area contributed by atoms with Crippen LogP contribution in [-0.2, 0) is 16.1 Å². The number of benzene rings is 1. The van der Waals surface area contributed by atoms with E-state index in [-0.39, 0.29) is 24.2 Å². The molecule has 27 heavy (non-hydrogen) atoms. The molecular weight excluding hydrogens is 342 g/mol. The molecule has 4 rings (SSSR count). The zero-order chi connectivity index (χ0) is 18.6. The minimum Gasteiger partial charge on any atom is -0.463 e. The summed E-state index contributed by atoms with van der Waals surface area (Å²) in [5.74, 6) is 0.141. The third-order valence-electron chi connectivity index (χ3n) is 4.66. The van der Waals surface area contributed by atoms with Crippen LogP contribution in [-0.4, -0.2) is 23.3 Å². The highest BCUT2D eigenvalue weighted by Crippen LogP contribution is 2.25. The van der Waals surface area contributed by atoms with Crippen molar-refractivity contribution in [1.29, 1.82) is 0 Å². The lowest BCUT2D eigenvalue weighted by molar-refractivity contribution is -0.126. The van der Waals surface area contributed by atoms with Gasteiger partial charge in [0.05, 0.1) is 12.2 Å². The number of nitrogens with one attached hydrogen (secondary N) is 1. The number of anilines is 1. The Hall–Kier alpha value is -3.41. The lowest BCUT2D eigenvalue weighted by Gasteiger charge is -2.16. The monoisotopic (exact) mass is 361 g/mol. The number of para-hydroxylation sites is 1. The topological polar surface area (TPSA) is 75.4 Å². The highest BCUT2D eigenvalue weighted by atomic mass is 16.3. The van der Waals surface area contributed by atoms with E-state index < -0.39 is 0 Å². The van der Waals surface area contributed by atoms with E-state index in [0.717, 1.165) is 11.3 Å². The average Bonchev–Trinajstić information content (AvgIpc) is 3.37. The molecular formula is C21H19N3O3. The van der Waals surface area contributed by atoms with E-state index in [4.69, 9.17) is 4.42 Å². The zero-order valence-electron chi connectivity index (χ0n) is 14.7. The molecule has 1 aliphatic heterocycles. The fourth-order valence-corrected chi connectivity index (χ4v) is 3.28. The van der Waals surface area contributed by atoms with Crippen LogP contribution in [0.3, 0.4) is 0 Å². The largest absolute Gasteiger partial charge is 0.463 e. The van der Waals surface area contributed by atoms with Crippen LogP contribution in [0.5, 0.6) is 0 Å². The van der Waals surface area contributed by atoms with Crippen LogP contribution in [0.15, 0.2) is 71.5 Å². The molecule has 6 nitrogen and oxygen atoms in total. The number of carbonyl (C=O) groups excluding carboxylic acids is 2. The number of hydrogen-bond donors (Lipinski definition) is 1. The highest BCUT2D eigenvalue weighted by molar-refractivity contribution is 6.00. The van der Waals surface area contributed by atoms with Gasteiger partial charge in [0.2, 0.25) is 11.8 Å². The molecule has 1 aliphatic rings. The van der Waals surface area contributed by atoms with Crippen LogP contribution >= 0.6 is 0 Å². The molecule has 3 aromatic rings. The molecule has 1 fully saturated rings. The summed E-state index contributed by atoms with van der Waals surface area (Å²) in [5.41, 5.74) is 2.39. The molecule has 2 aromatic heterocycles. The summed E-state index contributed by atoms with van der Waals surface area (Å²) >= 11 is 0. The van der Waals surface area contributed by atoms with Crippen LogP contribution < -0.4 is 10.2 Å². The second-order valence-corrected chi connectivity index (χ2v) is 6.45. The number of hydrogen-bond acceptors (Lipinski definition) is 4. The van der Waals surface area contributed by atoms with Gasteiger partial charge >= 0.3 is 0 Å². The maximum Gasteiger partial charge on any atom is 0.227 e. The van der Waals surface area contributed by atoms with E-state index in [0.29, 0.717) is 24.5 Å². The molecule has 136 valence electrons. The first-order valence-electron chi connectivity index (χ1n) is 8.83. The van der Waals surface area contributed by atoms with Crippen molar-refractivity contribution in [1.82, 2.24) is 10.3 Å². The SMILES string of the molecule is O=C(NCc1cccnc1-c1ccco1)C1CC(=O)N(c2ccccc2)C1. The van der Waals surface area contributed by atoms with Gasteiger partial charge in [-0.25, -0.2) is 0 Å². The normalized spacial score (nSPS) is 16.5. The van der Waals surface area contributed by atoms with Gasteiger partial charge in [-0.05, 0) is 30.3 Å². The van der Waals surface area contributed by atoms with Gasteiger partial charge in [0, 0.05) is 37.0 Å². The van der Waals surface area contributed by atoms with Crippen LogP contribution in [0.2, 0.25) is 0 Å². The van der Waals surface area contributed by atoms with Crippen molar-refractivity contribution < 1.29 is 14.0 Å². The number of carbonyl (C=O) groups is 2. The first-order chi connectivity index (χ1) is 13.2. The summed E-state index contributed by atoms with van der Waals surface area (Å²) in [4.78, 5) is 30.9. The maximum absolute atomic E-state index is 12.6. The molecule has 0 saturated carbocycles. The minimum atomic E-state index is -0.360. The van der Waals surface area contributed by atoms with Crippen LogP contribution in [0.25, 0.3) is 11.5 Å². The van der Waals surface area contributed by atoms with E-state index in [1.807, 2.05) is 48.5 Å². The third kappa shape index (κ3) is 3.60. The molecule has 2 amide bonds. The molecule has 6 heteroatoms. The summed E-state index contributed by atoms with van der Waals surface area (Å²) in [6.07, 6.45) is 3.50. The van der Waals surface area contributed by atoms with Crippen molar-refractivity contribution in [2.45, 2.75) is 13.0 Å². The molecule has 0 spiro atoms. The molecule has 1 atom stereocenters. The van der Waals surface area contributed by atoms with Gasteiger partial charge in [-0.3, -0.25) is 14.6 Å². The predicted octanol–water partition coefficient (Wildman–Crippen LogP) is 3.01. The quantitative estimate of drug-likeness (QED) is 0.758. The molecule has 3 heterocycles. The van der Waals surface area contributed by atoms with Crippen molar-refractivity contribution >= 4 is 17.5 Å². The Morgan fingerprint density at radius 1 is 1.15 bits per heavy atom. The average molecular weight is 361 g/mol. The Balaban J connectivity index is 1.42. The van der Waals surface area contributed by atoms with Crippen molar-refractivity contribution in [3.63, 3.8) is 0 Å². The Bertz CT molecular complexity index is 938. The predicted molar refractivity (Wildman–Crippen MR) is 101 cm³/mol. The second-order valence-electron chi connectivity index (χ2n) is 6.45. The molecule has 0 aliphatic carbocycles. The summed E-state index contributed by atoms with van der Waals surface area (Å²) < 4.78 is 5.42. The Kier molecular flexibility index (Phi) is 4.70. The molecule has 1 aromatic carbocycles. The van der Waals surface area contributed by atoms with Crippen molar-refractivity contribution in [2.24, 2.45) is 5.92 Å². The summed E-state index contributed by atoms with van der Waals surface area (Å²) in [5, 5.41) is 2.94. The summed E-state index contributed by atoms with van der Waals surface area (Å²) in [6.45, 7) is 0.728. The Morgan fingerprint density at radius 2 is 2.00 bits per heavy atom. The van der Waals surface area contributed by atoms with Crippen molar-refractivity contribution in [3.05, 3.63) is 72.6 Å². The van der Waals surface area contributed by atoms with E-state index in [1.54, 1.807) is 23.4 Å². The number of furan rings is 1. The van der Waals surface area contributed by atoms with Gasteiger partial charge in [0.1, 0.15) is 5.69 Å². The molecule has 1 saturated heterocycles. The molecule has 1 unspecified atom stereocenters. The first-order valence-corrected chi connectivity index (χ1v) is 8.83. The number of pyridine rings is 1. The molecule has 1 N–H and O–H groups in total. The minimum absolute atomic E-state index is 0.0287. The number of rotatable bonds is 5. The molecule has 0 bridgehead atoms. The number of amides is 2. The van der Waals surface area contributed by atoms with Crippen LogP contribution in [0.1, 0.15) is 12.0 Å². The number of aromatic nitrogens is 1. The smallest absolute Gasteiger partial charge is 0.227 e. The van der Waals surface area contributed by atoms with Gasteiger partial charge in [-0.1, -0.05) is 24.3 Å². The zero-order valence-corrected chi connectivity index (χ0v) is 14.7. The van der Waals surface area contributed by atoms with Crippen molar-refractivity contribution in [2.75, 3.05) is 11.4 Å².